The molecule has 3 aromatic heterocycles. The Hall–Kier alpha value is -4.00. The Labute approximate surface area is 160 Å². The van der Waals surface area contributed by atoms with E-state index in [1.54, 1.807) is 17.2 Å². The first-order valence-electron chi connectivity index (χ1n) is 8.84. The van der Waals surface area contributed by atoms with Gasteiger partial charge in [0.25, 0.3) is 5.91 Å². The van der Waals surface area contributed by atoms with Crippen LogP contribution in [0.4, 0.5) is 5.69 Å². The summed E-state index contributed by atoms with van der Waals surface area (Å²) in [6.07, 6.45) is 3.19. The van der Waals surface area contributed by atoms with Crippen LogP contribution >= 0.6 is 0 Å². The van der Waals surface area contributed by atoms with E-state index in [0.717, 1.165) is 27.6 Å². The van der Waals surface area contributed by atoms with Crippen molar-refractivity contribution in [1.29, 1.82) is 0 Å². The number of fused-ring (bicyclic) bond motifs is 2. The molecule has 0 saturated heterocycles. The Kier molecular flexibility index (Phi) is 3.65. The van der Waals surface area contributed by atoms with Gasteiger partial charge in [0.15, 0.2) is 5.82 Å². The Morgan fingerprint density at radius 2 is 1.96 bits per heavy atom. The molecular formula is C21H16N6O. The molecule has 3 heterocycles. The van der Waals surface area contributed by atoms with Gasteiger partial charge in [-0.25, -0.2) is 14.6 Å². The van der Waals surface area contributed by atoms with Gasteiger partial charge in [0.05, 0.1) is 40.3 Å². The SMILES string of the molecule is Cc1c(C(=O)Nc2ccc3nc[nH]c3c2)cnn1-c1ccc2ccccc2n1. The van der Waals surface area contributed by atoms with E-state index in [-0.39, 0.29) is 5.91 Å². The quantitative estimate of drug-likeness (QED) is 0.506. The van der Waals surface area contributed by atoms with Crippen molar-refractivity contribution in [3.63, 3.8) is 0 Å². The van der Waals surface area contributed by atoms with Crippen molar-refractivity contribution in [2.75, 3.05) is 5.32 Å². The smallest absolute Gasteiger partial charge is 0.259 e. The highest BCUT2D eigenvalue weighted by atomic mass is 16.1. The Morgan fingerprint density at radius 1 is 1.07 bits per heavy atom. The van der Waals surface area contributed by atoms with E-state index >= 15 is 0 Å². The molecule has 7 heteroatoms. The van der Waals surface area contributed by atoms with Crippen LogP contribution in [0, 0.1) is 6.92 Å². The van der Waals surface area contributed by atoms with Crippen LogP contribution in [0.15, 0.2) is 67.1 Å². The van der Waals surface area contributed by atoms with Gasteiger partial charge in [-0.15, -0.1) is 0 Å². The minimum atomic E-state index is -0.219. The van der Waals surface area contributed by atoms with Crippen molar-refractivity contribution in [2.45, 2.75) is 6.92 Å². The van der Waals surface area contributed by atoms with Gasteiger partial charge >= 0.3 is 0 Å². The van der Waals surface area contributed by atoms with Gasteiger partial charge < -0.3 is 10.3 Å². The summed E-state index contributed by atoms with van der Waals surface area (Å²) in [5, 5.41) is 8.35. The van der Waals surface area contributed by atoms with Crippen LogP contribution < -0.4 is 5.32 Å². The minimum absolute atomic E-state index is 0.219. The van der Waals surface area contributed by atoms with Gasteiger partial charge in [0.2, 0.25) is 0 Å². The molecule has 0 bridgehead atoms. The van der Waals surface area contributed by atoms with Gasteiger partial charge in [0.1, 0.15) is 0 Å². The molecular weight excluding hydrogens is 352 g/mol. The first-order valence-corrected chi connectivity index (χ1v) is 8.84. The normalized spacial score (nSPS) is 11.2. The summed E-state index contributed by atoms with van der Waals surface area (Å²) in [5.74, 6) is 0.456. The second kappa shape index (κ2) is 6.31. The van der Waals surface area contributed by atoms with Crippen LogP contribution in [0.25, 0.3) is 27.8 Å². The van der Waals surface area contributed by atoms with Gasteiger partial charge in [-0.3, -0.25) is 4.79 Å². The largest absolute Gasteiger partial charge is 0.345 e. The molecule has 0 aliphatic rings. The van der Waals surface area contributed by atoms with Crippen molar-refractivity contribution in [1.82, 2.24) is 24.7 Å². The van der Waals surface area contributed by atoms with Crippen LogP contribution in [0.2, 0.25) is 0 Å². The number of rotatable bonds is 3. The third kappa shape index (κ3) is 2.69. The standard InChI is InChI=1S/C21H16N6O/c1-13-16(21(28)25-15-7-8-18-19(10-15)23-12-22-18)11-24-27(13)20-9-6-14-4-2-3-5-17(14)26-20/h2-12H,1H3,(H,22,23)(H,25,28). The number of aromatic nitrogens is 5. The highest BCUT2D eigenvalue weighted by Gasteiger charge is 2.16. The number of pyridine rings is 1. The summed E-state index contributed by atoms with van der Waals surface area (Å²) in [7, 11) is 0. The number of amides is 1. The average molecular weight is 368 g/mol. The Bertz CT molecular complexity index is 1330. The Balaban J connectivity index is 1.45. The number of imidazole rings is 1. The molecule has 2 N–H and O–H groups in total. The summed E-state index contributed by atoms with van der Waals surface area (Å²) in [6, 6.07) is 17.3. The second-order valence-corrected chi connectivity index (χ2v) is 6.51. The van der Waals surface area contributed by atoms with Crippen LogP contribution in [-0.4, -0.2) is 30.6 Å². The maximum Gasteiger partial charge on any atom is 0.259 e. The molecule has 0 unspecified atom stereocenters. The van der Waals surface area contributed by atoms with Gasteiger partial charge in [0, 0.05) is 11.1 Å². The number of nitrogens with one attached hydrogen (secondary N) is 2. The highest BCUT2D eigenvalue weighted by Crippen LogP contribution is 2.20. The first-order chi connectivity index (χ1) is 13.7. The van der Waals surface area contributed by atoms with Gasteiger partial charge in [-0.2, -0.15) is 5.10 Å². The van der Waals surface area contributed by atoms with Crippen molar-refractivity contribution in [3.8, 4) is 5.82 Å². The molecule has 5 rings (SSSR count). The zero-order valence-corrected chi connectivity index (χ0v) is 15.0. The summed E-state index contributed by atoms with van der Waals surface area (Å²) >= 11 is 0. The third-order valence-electron chi connectivity index (χ3n) is 4.73. The lowest BCUT2D eigenvalue weighted by molar-refractivity contribution is 0.102. The van der Waals surface area contributed by atoms with E-state index in [4.69, 9.17) is 0 Å². The molecule has 28 heavy (non-hydrogen) atoms. The van der Waals surface area contributed by atoms with Crippen LogP contribution in [0.5, 0.6) is 0 Å². The van der Waals surface area contributed by atoms with E-state index in [2.05, 4.69) is 25.4 Å². The number of hydrogen-bond acceptors (Lipinski definition) is 4. The predicted molar refractivity (Wildman–Crippen MR) is 108 cm³/mol. The second-order valence-electron chi connectivity index (χ2n) is 6.51. The lowest BCUT2D eigenvalue weighted by Gasteiger charge is -2.07. The van der Waals surface area contributed by atoms with Gasteiger partial charge in [-0.05, 0) is 43.3 Å². The summed E-state index contributed by atoms with van der Waals surface area (Å²) in [6.45, 7) is 1.86. The highest BCUT2D eigenvalue weighted by molar-refractivity contribution is 6.05. The molecule has 1 amide bonds. The fourth-order valence-electron chi connectivity index (χ4n) is 3.25. The number of hydrogen-bond donors (Lipinski definition) is 2. The molecule has 0 atom stereocenters. The zero-order valence-electron chi connectivity index (χ0n) is 15.0. The summed E-state index contributed by atoms with van der Waals surface area (Å²) in [5.41, 5.74) is 4.52. The number of para-hydroxylation sites is 1. The molecule has 0 saturated carbocycles. The van der Waals surface area contributed by atoms with E-state index in [0.29, 0.717) is 17.1 Å². The minimum Gasteiger partial charge on any atom is -0.345 e. The molecule has 0 radical (unpaired) electrons. The number of aromatic amines is 1. The monoisotopic (exact) mass is 368 g/mol. The molecule has 0 aliphatic heterocycles. The fourth-order valence-corrected chi connectivity index (χ4v) is 3.25. The molecule has 0 spiro atoms. The molecule has 7 nitrogen and oxygen atoms in total. The molecule has 5 aromatic rings. The number of carbonyl (C=O) groups is 1. The van der Waals surface area contributed by atoms with E-state index in [1.165, 1.54) is 0 Å². The van der Waals surface area contributed by atoms with Crippen LogP contribution in [0.1, 0.15) is 16.1 Å². The third-order valence-corrected chi connectivity index (χ3v) is 4.73. The number of carbonyl (C=O) groups excluding carboxylic acids is 1. The number of H-pyrrole nitrogens is 1. The van der Waals surface area contributed by atoms with Gasteiger partial charge in [-0.1, -0.05) is 18.2 Å². The number of anilines is 1. The van der Waals surface area contributed by atoms with Crippen molar-refractivity contribution in [3.05, 3.63) is 78.4 Å². The first kappa shape index (κ1) is 16.2. The predicted octanol–water partition coefficient (Wildman–Crippen LogP) is 3.86. The topological polar surface area (TPSA) is 88.5 Å². The fraction of sp³-hybridized carbons (Fsp3) is 0.0476. The number of benzene rings is 2. The maximum atomic E-state index is 12.8. The van der Waals surface area contributed by atoms with Crippen LogP contribution in [-0.2, 0) is 0 Å². The Morgan fingerprint density at radius 3 is 2.89 bits per heavy atom. The molecule has 0 aliphatic carbocycles. The van der Waals surface area contributed by atoms with Crippen molar-refractivity contribution >= 4 is 33.5 Å². The van der Waals surface area contributed by atoms with Crippen molar-refractivity contribution in [2.24, 2.45) is 0 Å². The van der Waals surface area contributed by atoms with Crippen LogP contribution in [0.3, 0.4) is 0 Å². The molecule has 136 valence electrons. The number of nitrogens with zero attached hydrogens (tertiary/aromatic N) is 4. The van der Waals surface area contributed by atoms with E-state index in [1.807, 2.05) is 61.5 Å². The lowest BCUT2D eigenvalue weighted by Crippen LogP contribution is -2.13. The summed E-state index contributed by atoms with van der Waals surface area (Å²) in [4.78, 5) is 24.6. The average Bonchev–Trinajstić information content (AvgIpc) is 3.33. The zero-order chi connectivity index (χ0) is 19.1. The molecule has 2 aromatic carbocycles. The maximum absolute atomic E-state index is 12.8. The summed E-state index contributed by atoms with van der Waals surface area (Å²) < 4.78 is 1.68. The van der Waals surface area contributed by atoms with E-state index in [9.17, 15) is 4.79 Å². The van der Waals surface area contributed by atoms with Crippen molar-refractivity contribution < 1.29 is 4.79 Å². The van der Waals surface area contributed by atoms with E-state index < -0.39 is 0 Å². The molecule has 0 fully saturated rings. The lowest BCUT2D eigenvalue weighted by atomic mass is 10.2.